The van der Waals surface area contributed by atoms with Gasteiger partial charge in [-0.15, -0.1) is 0 Å². The van der Waals surface area contributed by atoms with Gasteiger partial charge in [0.05, 0.1) is 29.4 Å². The van der Waals surface area contributed by atoms with Gasteiger partial charge in [0.2, 0.25) is 0 Å². The highest BCUT2D eigenvalue weighted by atomic mass is 19.4. The number of benzene rings is 2. The van der Waals surface area contributed by atoms with Crippen molar-refractivity contribution >= 4 is 28.0 Å². The zero-order valence-corrected chi connectivity index (χ0v) is 20.9. The fourth-order valence-corrected chi connectivity index (χ4v) is 5.63. The van der Waals surface area contributed by atoms with Gasteiger partial charge in [-0.1, -0.05) is 17.3 Å². The van der Waals surface area contributed by atoms with Crippen LogP contribution in [0.1, 0.15) is 48.2 Å². The van der Waals surface area contributed by atoms with Gasteiger partial charge in [-0.3, -0.25) is 19.0 Å². The van der Waals surface area contributed by atoms with Crippen molar-refractivity contribution in [3.05, 3.63) is 75.7 Å². The maximum Gasteiger partial charge on any atom is 0.439 e. The molecule has 4 aromatic rings. The van der Waals surface area contributed by atoms with Crippen LogP contribution in [0, 0.1) is 0 Å². The Balaban J connectivity index is 1.36. The third-order valence-electron chi connectivity index (χ3n) is 7.42. The third-order valence-corrected chi connectivity index (χ3v) is 7.42. The van der Waals surface area contributed by atoms with Gasteiger partial charge in [0.25, 0.3) is 5.91 Å². The molecule has 0 radical (unpaired) electrons. The zero-order valence-electron chi connectivity index (χ0n) is 20.9. The van der Waals surface area contributed by atoms with Crippen molar-refractivity contribution in [3.8, 4) is 5.75 Å². The summed E-state index contributed by atoms with van der Waals surface area (Å²) < 4.78 is 49.4. The Bertz CT molecular complexity index is 1680. The summed E-state index contributed by atoms with van der Waals surface area (Å²) in [6, 6.07) is 11.2. The normalized spacial score (nSPS) is 19.1. The van der Waals surface area contributed by atoms with Gasteiger partial charge in [0.15, 0.2) is 5.82 Å². The number of amides is 1. The first-order valence-electron chi connectivity index (χ1n) is 12.5. The molecule has 0 unspecified atom stereocenters. The van der Waals surface area contributed by atoms with Crippen molar-refractivity contribution in [2.75, 3.05) is 6.61 Å². The van der Waals surface area contributed by atoms with Gasteiger partial charge in [-0.25, -0.2) is 4.79 Å². The van der Waals surface area contributed by atoms with E-state index >= 15 is 0 Å². The second kappa shape index (κ2) is 9.14. The minimum atomic E-state index is -4.21. The number of alkyl halides is 3. The zero-order chi connectivity index (χ0) is 27.4. The number of carbonyl (C=O) groups is 1. The predicted molar refractivity (Wildman–Crippen MR) is 135 cm³/mol. The Kier molecular flexibility index (Phi) is 5.85. The van der Waals surface area contributed by atoms with Gasteiger partial charge < -0.3 is 10.1 Å². The summed E-state index contributed by atoms with van der Waals surface area (Å²) in [5.41, 5.74) is 3.83. The Morgan fingerprint density at radius 3 is 2.79 bits per heavy atom. The summed E-state index contributed by atoms with van der Waals surface area (Å²) in [6.07, 6.45) is -1.79. The number of aryl methyl sites for hydroxylation is 2. The number of rotatable bonds is 6. The highest BCUT2D eigenvalue weighted by Crippen LogP contribution is 2.48. The monoisotopic (exact) mass is 539 g/mol. The van der Waals surface area contributed by atoms with Gasteiger partial charge in [0, 0.05) is 25.3 Å². The molecule has 2 N–H and O–H groups in total. The highest BCUT2D eigenvalue weighted by molar-refractivity contribution is 6.27. The van der Waals surface area contributed by atoms with Gasteiger partial charge >= 0.3 is 11.9 Å². The van der Waals surface area contributed by atoms with Crippen LogP contribution in [-0.4, -0.2) is 38.6 Å². The standard InChI is InChI=1S/C27H24F3N5O4/c1-35-21-6-3-15(11-17(21)14-31-35)19-13-26(33-24(36)22(19)23-32-25(37)39-34-23)9-7-16-12-18(4-5-20(16)26)38-10-2-8-27(28,29)30/h3-6,11-12,14H,2,7-10,13H2,1H3,(H,33,36)(H,32,34,37)/t26-/m0/s1. The Morgan fingerprint density at radius 2 is 2.03 bits per heavy atom. The number of halogens is 3. The SMILES string of the molecule is Cn1ncc2cc(C3=C(c4noc(=O)[nH]4)C(=O)N[C@@]4(CCc5cc(OCCCC(F)(F)F)ccc54)C3)ccc21. The molecule has 2 aromatic carbocycles. The first-order chi connectivity index (χ1) is 18.6. The quantitative estimate of drug-likeness (QED) is 0.354. The van der Waals surface area contributed by atoms with E-state index in [9.17, 15) is 22.8 Å². The van der Waals surface area contributed by atoms with E-state index in [0.29, 0.717) is 30.6 Å². The van der Waals surface area contributed by atoms with E-state index in [1.807, 2.05) is 37.4 Å². The lowest BCUT2D eigenvalue weighted by Gasteiger charge is -2.37. The molecule has 12 heteroatoms. The number of aromatic nitrogens is 4. The van der Waals surface area contributed by atoms with Crippen molar-refractivity contribution in [1.82, 2.24) is 25.2 Å². The van der Waals surface area contributed by atoms with Crippen molar-refractivity contribution in [2.24, 2.45) is 7.05 Å². The molecule has 0 saturated heterocycles. The van der Waals surface area contributed by atoms with Crippen LogP contribution in [0.4, 0.5) is 13.2 Å². The number of H-pyrrole nitrogens is 1. The first-order valence-corrected chi connectivity index (χ1v) is 12.5. The van der Waals surface area contributed by atoms with Crippen LogP contribution in [-0.2, 0) is 23.8 Å². The number of carbonyl (C=O) groups excluding carboxylic acids is 1. The molecule has 1 spiro atoms. The summed E-state index contributed by atoms with van der Waals surface area (Å²) >= 11 is 0. The second-order valence-electron chi connectivity index (χ2n) is 9.94. The Morgan fingerprint density at radius 1 is 1.18 bits per heavy atom. The van der Waals surface area contributed by atoms with Crippen LogP contribution in [0.15, 0.2) is 51.9 Å². The number of aromatic amines is 1. The molecule has 3 heterocycles. The molecule has 202 valence electrons. The fourth-order valence-electron chi connectivity index (χ4n) is 5.63. The molecular weight excluding hydrogens is 515 g/mol. The molecule has 0 fully saturated rings. The molecule has 0 bridgehead atoms. The van der Waals surface area contributed by atoms with E-state index in [4.69, 9.17) is 9.26 Å². The second-order valence-corrected chi connectivity index (χ2v) is 9.94. The van der Waals surface area contributed by atoms with E-state index < -0.39 is 29.8 Å². The smallest absolute Gasteiger partial charge is 0.439 e. The summed E-state index contributed by atoms with van der Waals surface area (Å²) in [7, 11) is 1.85. The Hall–Kier alpha value is -4.35. The number of nitrogens with one attached hydrogen (secondary N) is 2. The van der Waals surface area contributed by atoms with E-state index in [-0.39, 0.29) is 24.4 Å². The van der Waals surface area contributed by atoms with Crippen LogP contribution in [0.2, 0.25) is 0 Å². The topological polar surface area (TPSA) is 115 Å². The van der Waals surface area contributed by atoms with Crippen molar-refractivity contribution < 1.29 is 27.2 Å². The number of hydrogen-bond acceptors (Lipinski definition) is 6. The molecule has 6 rings (SSSR count). The van der Waals surface area contributed by atoms with Crippen LogP contribution < -0.4 is 15.8 Å². The summed E-state index contributed by atoms with van der Waals surface area (Å²) in [6.45, 7) is -0.0385. The van der Waals surface area contributed by atoms with Gasteiger partial charge in [-0.05, 0) is 65.8 Å². The first kappa shape index (κ1) is 25.0. The van der Waals surface area contributed by atoms with E-state index in [0.717, 1.165) is 27.6 Å². The molecular formula is C27H24F3N5O4. The molecule has 9 nitrogen and oxygen atoms in total. The summed E-state index contributed by atoms with van der Waals surface area (Å²) in [4.78, 5) is 27.9. The number of nitrogens with zero attached hydrogens (tertiary/aromatic N) is 3. The van der Waals surface area contributed by atoms with Crippen LogP contribution in [0.5, 0.6) is 5.75 Å². The van der Waals surface area contributed by atoms with Crippen LogP contribution in [0.3, 0.4) is 0 Å². The maximum absolute atomic E-state index is 13.6. The van der Waals surface area contributed by atoms with E-state index in [2.05, 4.69) is 20.6 Å². The average Bonchev–Trinajstić information content (AvgIpc) is 3.58. The molecule has 0 saturated carbocycles. The molecule has 1 atom stereocenters. The van der Waals surface area contributed by atoms with E-state index in [1.54, 1.807) is 16.9 Å². The average molecular weight is 540 g/mol. The minimum absolute atomic E-state index is 0.0385. The van der Waals surface area contributed by atoms with E-state index in [1.165, 1.54) is 0 Å². The molecule has 1 aliphatic heterocycles. The summed E-state index contributed by atoms with van der Waals surface area (Å²) in [5.74, 6) is -0.614. The van der Waals surface area contributed by atoms with Gasteiger partial charge in [-0.2, -0.15) is 18.3 Å². The highest BCUT2D eigenvalue weighted by Gasteiger charge is 2.46. The lowest BCUT2D eigenvalue weighted by molar-refractivity contribution is -0.136. The third kappa shape index (κ3) is 4.59. The van der Waals surface area contributed by atoms with Crippen LogP contribution >= 0.6 is 0 Å². The minimum Gasteiger partial charge on any atom is -0.494 e. The largest absolute Gasteiger partial charge is 0.494 e. The molecule has 1 amide bonds. The fraction of sp³-hybridized carbons (Fsp3) is 0.333. The molecule has 39 heavy (non-hydrogen) atoms. The lowest BCUT2D eigenvalue weighted by atomic mass is 9.77. The predicted octanol–water partition coefficient (Wildman–Crippen LogP) is 4.24. The maximum atomic E-state index is 13.6. The van der Waals surface area contributed by atoms with Crippen LogP contribution in [0.25, 0.3) is 22.0 Å². The molecule has 2 aliphatic rings. The number of hydrogen-bond donors (Lipinski definition) is 2. The summed E-state index contributed by atoms with van der Waals surface area (Å²) in [5, 5.41) is 12.1. The lowest BCUT2D eigenvalue weighted by Crippen LogP contribution is -2.48. The Labute approximate surface area is 219 Å². The van der Waals surface area contributed by atoms with Crippen molar-refractivity contribution in [1.29, 1.82) is 0 Å². The van der Waals surface area contributed by atoms with Crippen molar-refractivity contribution in [2.45, 2.75) is 43.8 Å². The van der Waals surface area contributed by atoms with Crippen molar-refractivity contribution in [3.63, 3.8) is 0 Å². The molecule has 1 aliphatic carbocycles. The number of ether oxygens (including phenoxy) is 1. The number of fused-ring (bicyclic) bond motifs is 3. The van der Waals surface area contributed by atoms with Gasteiger partial charge in [0.1, 0.15) is 5.75 Å². The molecule has 2 aromatic heterocycles.